The molecule has 25 heavy (non-hydrogen) atoms. The summed E-state index contributed by atoms with van der Waals surface area (Å²) in [6, 6.07) is 1.60. The molecule has 146 valence electrons. The van der Waals surface area contributed by atoms with E-state index in [1.165, 1.54) is 18.4 Å². The summed E-state index contributed by atoms with van der Waals surface area (Å²) in [6.07, 6.45) is -5.21. The highest BCUT2D eigenvalue weighted by atomic mass is 127. The van der Waals surface area contributed by atoms with Crippen LogP contribution in [-0.2, 0) is 10.0 Å². The number of rotatable bonds is 7. The Labute approximate surface area is 166 Å². The van der Waals surface area contributed by atoms with Gasteiger partial charge >= 0.3 is 6.18 Å². The van der Waals surface area contributed by atoms with Crippen LogP contribution in [0.1, 0.15) is 16.2 Å². The molecule has 0 aromatic carbocycles. The van der Waals surface area contributed by atoms with Crippen LogP contribution in [0.25, 0.3) is 0 Å². The van der Waals surface area contributed by atoms with E-state index in [1.807, 2.05) is 6.92 Å². The molecule has 0 amide bonds. The molecular formula is C13H22F3IN4O2S2. The van der Waals surface area contributed by atoms with E-state index in [2.05, 4.69) is 20.3 Å². The molecule has 0 atom stereocenters. The van der Waals surface area contributed by atoms with Crippen molar-refractivity contribution < 1.29 is 21.6 Å². The molecule has 0 radical (unpaired) electrons. The lowest BCUT2D eigenvalue weighted by atomic mass is 10.4. The van der Waals surface area contributed by atoms with E-state index in [1.54, 1.807) is 13.0 Å². The lowest BCUT2D eigenvalue weighted by Crippen LogP contribution is -2.42. The Hall–Kier alpha value is -0.600. The summed E-state index contributed by atoms with van der Waals surface area (Å²) in [4.78, 5) is 5.63. The van der Waals surface area contributed by atoms with Crippen LogP contribution >= 0.6 is 35.3 Å². The lowest BCUT2D eigenvalue weighted by molar-refractivity contribution is -0.132. The van der Waals surface area contributed by atoms with E-state index < -0.39 is 22.6 Å². The fraction of sp³-hybridized carbons (Fsp3) is 0.615. The molecule has 1 rings (SSSR count). The van der Waals surface area contributed by atoms with Crippen LogP contribution < -0.4 is 15.4 Å². The average Bonchev–Trinajstić information content (AvgIpc) is 2.80. The smallest absolute Gasteiger partial charge is 0.356 e. The number of guanidine groups is 1. The van der Waals surface area contributed by atoms with Gasteiger partial charge in [-0.25, -0.2) is 13.1 Å². The van der Waals surface area contributed by atoms with Crippen LogP contribution in [0.2, 0.25) is 0 Å². The zero-order valence-electron chi connectivity index (χ0n) is 14.0. The Morgan fingerprint density at radius 2 is 1.80 bits per heavy atom. The van der Waals surface area contributed by atoms with E-state index in [9.17, 15) is 21.6 Å². The van der Waals surface area contributed by atoms with Gasteiger partial charge in [-0.1, -0.05) is 0 Å². The Morgan fingerprint density at radius 3 is 2.28 bits per heavy atom. The van der Waals surface area contributed by atoms with Crippen molar-refractivity contribution in [3.63, 3.8) is 0 Å². The summed E-state index contributed by atoms with van der Waals surface area (Å²) in [5.41, 5.74) is 0. The summed E-state index contributed by atoms with van der Waals surface area (Å²) >= 11 is 1.40. The summed E-state index contributed by atoms with van der Waals surface area (Å²) in [6.45, 7) is 3.53. The quantitative estimate of drug-likeness (QED) is 0.226. The van der Waals surface area contributed by atoms with Gasteiger partial charge < -0.3 is 10.6 Å². The van der Waals surface area contributed by atoms with E-state index in [0.717, 1.165) is 4.88 Å². The van der Waals surface area contributed by atoms with Gasteiger partial charge in [0.25, 0.3) is 0 Å². The Kier molecular flexibility index (Phi) is 10.3. The lowest BCUT2D eigenvalue weighted by Gasteiger charge is -2.13. The van der Waals surface area contributed by atoms with Crippen LogP contribution in [-0.4, -0.2) is 47.2 Å². The molecule has 12 heteroatoms. The molecule has 0 bridgehead atoms. The molecule has 0 aliphatic rings. The number of aryl methyl sites for hydroxylation is 2. The standard InChI is InChI=1S/C13H21F3N4O2S2.HI/c1-9-8-11(10(2)23-9)24(21,22)20-7-6-19-12(17-3)18-5-4-13(14,15)16;/h8,20H,4-7H2,1-3H3,(H2,17,18,19);1H. The molecule has 1 aromatic heterocycles. The number of sulfonamides is 1. The van der Waals surface area contributed by atoms with Gasteiger partial charge in [0, 0.05) is 36.4 Å². The van der Waals surface area contributed by atoms with Crippen molar-refractivity contribution in [3.05, 3.63) is 15.8 Å². The first kappa shape index (κ1) is 24.4. The minimum atomic E-state index is -4.24. The topological polar surface area (TPSA) is 82.6 Å². The number of nitrogens with one attached hydrogen (secondary N) is 3. The van der Waals surface area contributed by atoms with E-state index in [-0.39, 0.29) is 54.5 Å². The van der Waals surface area contributed by atoms with Gasteiger partial charge in [0.2, 0.25) is 10.0 Å². The minimum absolute atomic E-state index is 0. The number of aliphatic imine (C=N–C) groups is 1. The highest BCUT2D eigenvalue weighted by Crippen LogP contribution is 2.24. The predicted molar refractivity (Wildman–Crippen MR) is 104 cm³/mol. The van der Waals surface area contributed by atoms with Crippen LogP contribution in [0.5, 0.6) is 0 Å². The molecule has 0 saturated heterocycles. The third kappa shape index (κ3) is 9.06. The molecular weight excluding hydrogens is 492 g/mol. The van der Waals surface area contributed by atoms with Crippen LogP contribution in [0.15, 0.2) is 16.0 Å². The van der Waals surface area contributed by atoms with Gasteiger partial charge in [-0.15, -0.1) is 35.3 Å². The van der Waals surface area contributed by atoms with Crippen molar-refractivity contribution in [2.24, 2.45) is 4.99 Å². The molecule has 1 heterocycles. The molecule has 0 aliphatic carbocycles. The molecule has 1 aromatic rings. The van der Waals surface area contributed by atoms with Crippen molar-refractivity contribution in [1.29, 1.82) is 0 Å². The first-order chi connectivity index (χ1) is 11.0. The number of hydrogen-bond donors (Lipinski definition) is 3. The maximum Gasteiger partial charge on any atom is 0.390 e. The number of halogens is 4. The fourth-order valence-corrected chi connectivity index (χ4v) is 4.45. The second-order valence-electron chi connectivity index (χ2n) is 4.97. The maximum absolute atomic E-state index is 12.2. The van der Waals surface area contributed by atoms with Crippen molar-refractivity contribution in [2.45, 2.75) is 31.3 Å². The largest absolute Gasteiger partial charge is 0.390 e. The Bertz CT molecular complexity index is 675. The number of nitrogens with zero attached hydrogens (tertiary/aromatic N) is 1. The van der Waals surface area contributed by atoms with Gasteiger partial charge in [0.05, 0.1) is 11.3 Å². The first-order valence-electron chi connectivity index (χ1n) is 7.13. The van der Waals surface area contributed by atoms with Gasteiger partial charge in [-0.3, -0.25) is 4.99 Å². The molecule has 0 fully saturated rings. The summed E-state index contributed by atoms with van der Waals surface area (Å²) in [5, 5.41) is 5.26. The summed E-state index contributed by atoms with van der Waals surface area (Å²) in [7, 11) is -2.18. The van der Waals surface area contributed by atoms with Gasteiger partial charge in [0.1, 0.15) is 0 Å². The number of hydrogen-bond acceptors (Lipinski definition) is 4. The second-order valence-corrected chi connectivity index (χ2v) is 8.16. The number of thiophene rings is 1. The monoisotopic (exact) mass is 514 g/mol. The summed E-state index contributed by atoms with van der Waals surface area (Å²) in [5.74, 6) is 0.181. The maximum atomic E-state index is 12.2. The minimum Gasteiger partial charge on any atom is -0.356 e. The average molecular weight is 514 g/mol. The van der Waals surface area contributed by atoms with E-state index >= 15 is 0 Å². The van der Waals surface area contributed by atoms with E-state index in [0.29, 0.717) is 4.88 Å². The third-order valence-corrected chi connectivity index (χ3v) is 5.60. The van der Waals surface area contributed by atoms with Crippen molar-refractivity contribution in [1.82, 2.24) is 15.4 Å². The first-order valence-corrected chi connectivity index (χ1v) is 9.43. The highest BCUT2D eigenvalue weighted by molar-refractivity contribution is 14.0. The Morgan fingerprint density at radius 1 is 1.20 bits per heavy atom. The van der Waals surface area contributed by atoms with Crippen LogP contribution in [0, 0.1) is 13.8 Å². The van der Waals surface area contributed by atoms with Crippen LogP contribution in [0.4, 0.5) is 13.2 Å². The molecule has 0 spiro atoms. The highest BCUT2D eigenvalue weighted by Gasteiger charge is 2.26. The zero-order chi connectivity index (χ0) is 18.4. The normalized spacial score (nSPS) is 12.6. The van der Waals surface area contributed by atoms with Gasteiger partial charge in [-0.2, -0.15) is 13.2 Å². The van der Waals surface area contributed by atoms with Crippen LogP contribution in [0.3, 0.4) is 0 Å². The van der Waals surface area contributed by atoms with Crippen molar-refractivity contribution >= 4 is 51.3 Å². The number of alkyl halides is 3. The fourth-order valence-electron chi connectivity index (χ4n) is 1.86. The van der Waals surface area contributed by atoms with Gasteiger partial charge in [-0.05, 0) is 19.9 Å². The Balaban J connectivity index is 0.00000576. The molecule has 0 aliphatic heterocycles. The predicted octanol–water partition coefficient (Wildman–Crippen LogP) is 2.38. The zero-order valence-corrected chi connectivity index (χ0v) is 18.0. The molecule has 0 saturated carbocycles. The molecule has 6 nitrogen and oxygen atoms in total. The van der Waals surface area contributed by atoms with Gasteiger partial charge in [0.15, 0.2) is 5.96 Å². The third-order valence-electron chi connectivity index (χ3n) is 2.92. The second kappa shape index (κ2) is 10.5. The molecule has 3 N–H and O–H groups in total. The van der Waals surface area contributed by atoms with E-state index in [4.69, 9.17) is 0 Å². The van der Waals surface area contributed by atoms with Crippen molar-refractivity contribution in [3.8, 4) is 0 Å². The SMILES string of the molecule is CN=C(NCCNS(=O)(=O)c1cc(C)sc1C)NCCC(F)(F)F.I. The van der Waals surface area contributed by atoms with Crippen molar-refractivity contribution in [2.75, 3.05) is 26.7 Å². The molecule has 0 unspecified atom stereocenters. The summed E-state index contributed by atoms with van der Waals surface area (Å²) < 4.78 is 63.0.